The summed E-state index contributed by atoms with van der Waals surface area (Å²) in [6.45, 7) is 2.17. The van der Waals surface area contributed by atoms with E-state index in [1.807, 2.05) is 0 Å². The molecule has 7 heteroatoms. The monoisotopic (exact) mass is 363 g/mol. The van der Waals surface area contributed by atoms with Gasteiger partial charge in [0.1, 0.15) is 5.75 Å². The van der Waals surface area contributed by atoms with Crippen LogP contribution in [0.4, 0.5) is 13.2 Å². The SMILES string of the molecule is CCOc1ccccc1-c1[nH]c2c(C(F)(F)F)cccc2c1CC(=O)O. The Hall–Kier alpha value is -2.96. The van der Waals surface area contributed by atoms with Crippen LogP contribution in [0, 0.1) is 0 Å². The van der Waals surface area contributed by atoms with E-state index >= 15 is 0 Å². The van der Waals surface area contributed by atoms with Crippen molar-refractivity contribution in [2.45, 2.75) is 19.5 Å². The Kier molecular flexibility index (Phi) is 4.63. The maximum atomic E-state index is 13.4. The van der Waals surface area contributed by atoms with Crippen molar-refractivity contribution in [1.82, 2.24) is 4.98 Å². The molecule has 136 valence electrons. The molecule has 0 radical (unpaired) electrons. The number of nitrogens with one attached hydrogen (secondary N) is 1. The first-order valence-corrected chi connectivity index (χ1v) is 7.97. The van der Waals surface area contributed by atoms with Gasteiger partial charge in [0.15, 0.2) is 0 Å². The molecule has 0 amide bonds. The normalized spacial score (nSPS) is 11.7. The van der Waals surface area contributed by atoms with Gasteiger partial charge in [0.05, 0.1) is 29.8 Å². The summed E-state index contributed by atoms with van der Waals surface area (Å²) in [6, 6.07) is 10.6. The minimum Gasteiger partial charge on any atom is -0.493 e. The van der Waals surface area contributed by atoms with E-state index in [4.69, 9.17) is 4.74 Å². The predicted octanol–water partition coefficient (Wildman–Crippen LogP) is 4.88. The summed E-state index contributed by atoms with van der Waals surface area (Å²) < 4.78 is 45.6. The molecule has 0 saturated heterocycles. The Labute approximate surface area is 147 Å². The van der Waals surface area contributed by atoms with Crippen molar-refractivity contribution in [3.63, 3.8) is 0 Å². The van der Waals surface area contributed by atoms with E-state index in [9.17, 15) is 23.1 Å². The lowest BCUT2D eigenvalue weighted by atomic mass is 10.0. The topological polar surface area (TPSA) is 62.3 Å². The number of rotatable bonds is 5. The average molecular weight is 363 g/mol. The van der Waals surface area contributed by atoms with Crippen LogP contribution in [0.5, 0.6) is 5.75 Å². The van der Waals surface area contributed by atoms with Crippen LogP contribution in [0.25, 0.3) is 22.2 Å². The van der Waals surface area contributed by atoms with Crippen molar-refractivity contribution < 1.29 is 27.8 Å². The van der Waals surface area contributed by atoms with E-state index < -0.39 is 24.1 Å². The van der Waals surface area contributed by atoms with Gasteiger partial charge in [-0.2, -0.15) is 13.2 Å². The van der Waals surface area contributed by atoms with Crippen LogP contribution in [0.2, 0.25) is 0 Å². The highest BCUT2D eigenvalue weighted by Crippen LogP contribution is 2.40. The van der Waals surface area contributed by atoms with Gasteiger partial charge in [0.2, 0.25) is 0 Å². The summed E-state index contributed by atoms with van der Waals surface area (Å²) in [5.41, 5.74) is 0.183. The largest absolute Gasteiger partial charge is 0.493 e. The lowest BCUT2D eigenvalue weighted by Gasteiger charge is -2.10. The third-order valence-electron chi connectivity index (χ3n) is 4.03. The molecule has 0 aliphatic rings. The fourth-order valence-corrected chi connectivity index (χ4v) is 3.03. The lowest BCUT2D eigenvalue weighted by Crippen LogP contribution is -2.05. The second-order valence-corrected chi connectivity index (χ2v) is 5.70. The number of aromatic nitrogens is 1. The third-order valence-corrected chi connectivity index (χ3v) is 4.03. The van der Waals surface area contributed by atoms with E-state index in [-0.39, 0.29) is 10.9 Å². The molecule has 26 heavy (non-hydrogen) atoms. The summed E-state index contributed by atoms with van der Waals surface area (Å²) in [7, 11) is 0. The number of carboxylic acids is 1. The van der Waals surface area contributed by atoms with E-state index in [0.717, 1.165) is 6.07 Å². The molecule has 0 aliphatic heterocycles. The smallest absolute Gasteiger partial charge is 0.418 e. The minimum atomic E-state index is -4.55. The van der Waals surface area contributed by atoms with Crippen molar-refractivity contribution in [2.24, 2.45) is 0 Å². The van der Waals surface area contributed by atoms with Crippen LogP contribution in [0.3, 0.4) is 0 Å². The number of hydrogen-bond acceptors (Lipinski definition) is 2. The molecule has 3 aromatic rings. The van der Waals surface area contributed by atoms with Crippen LogP contribution in [-0.4, -0.2) is 22.7 Å². The maximum Gasteiger partial charge on any atom is 0.418 e. The molecular weight excluding hydrogens is 347 g/mol. The second kappa shape index (κ2) is 6.74. The van der Waals surface area contributed by atoms with Crippen molar-refractivity contribution in [1.29, 1.82) is 0 Å². The molecule has 0 fully saturated rings. The lowest BCUT2D eigenvalue weighted by molar-refractivity contribution is -0.137. The average Bonchev–Trinajstić information content (AvgIpc) is 2.92. The first-order chi connectivity index (χ1) is 12.3. The molecule has 0 atom stereocenters. The predicted molar refractivity (Wildman–Crippen MR) is 91.2 cm³/mol. The first-order valence-electron chi connectivity index (χ1n) is 7.97. The Morgan fingerprint density at radius 2 is 1.88 bits per heavy atom. The van der Waals surface area contributed by atoms with Crippen LogP contribution < -0.4 is 4.74 Å². The van der Waals surface area contributed by atoms with Crippen molar-refractivity contribution in [3.05, 3.63) is 53.6 Å². The van der Waals surface area contributed by atoms with E-state index in [2.05, 4.69) is 4.98 Å². The maximum absolute atomic E-state index is 13.4. The fourth-order valence-electron chi connectivity index (χ4n) is 3.03. The molecule has 1 heterocycles. The summed E-state index contributed by atoms with van der Waals surface area (Å²) >= 11 is 0. The number of fused-ring (bicyclic) bond motifs is 1. The van der Waals surface area contributed by atoms with Crippen molar-refractivity contribution in [2.75, 3.05) is 6.61 Å². The molecule has 0 aliphatic carbocycles. The molecule has 4 nitrogen and oxygen atoms in total. The molecule has 0 spiro atoms. The number of hydrogen-bond donors (Lipinski definition) is 2. The Morgan fingerprint density at radius 3 is 2.54 bits per heavy atom. The zero-order valence-electron chi connectivity index (χ0n) is 13.9. The zero-order chi connectivity index (χ0) is 18.9. The van der Waals surface area contributed by atoms with Crippen LogP contribution >= 0.6 is 0 Å². The van der Waals surface area contributed by atoms with Gasteiger partial charge in [0, 0.05) is 10.9 Å². The Bertz CT molecular complexity index is 960. The van der Waals surface area contributed by atoms with Gasteiger partial charge in [-0.25, -0.2) is 0 Å². The highest BCUT2D eigenvalue weighted by atomic mass is 19.4. The molecule has 3 rings (SSSR count). The standard InChI is InChI=1S/C19H16F3NO3/c1-2-26-15-9-4-3-6-12(15)17-13(10-16(24)25)11-7-5-8-14(18(11)23-17)19(20,21)22/h3-9,23H,2,10H2,1H3,(H,24,25). The highest BCUT2D eigenvalue weighted by Gasteiger charge is 2.34. The number of para-hydroxylation sites is 2. The fraction of sp³-hybridized carbons (Fsp3) is 0.211. The van der Waals surface area contributed by atoms with E-state index in [0.29, 0.717) is 29.2 Å². The number of H-pyrrole nitrogens is 1. The van der Waals surface area contributed by atoms with Gasteiger partial charge in [-0.05, 0) is 30.7 Å². The number of ether oxygens (including phenoxy) is 1. The van der Waals surface area contributed by atoms with Gasteiger partial charge in [-0.15, -0.1) is 0 Å². The summed E-state index contributed by atoms with van der Waals surface area (Å²) in [6.07, 6.45) is -4.96. The number of benzene rings is 2. The molecule has 2 aromatic carbocycles. The number of carbonyl (C=O) groups is 1. The Balaban J connectivity index is 2.33. The van der Waals surface area contributed by atoms with E-state index in [1.54, 1.807) is 31.2 Å². The van der Waals surface area contributed by atoms with Gasteiger partial charge < -0.3 is 14.8 Å². The summed E-state index contributed by atoms with van der Waals surface area (Å²) in [5.74, 6) is -0.653. The minimum absolute atomic E-state index is 0.127. The molecule has 1 aromatic heterocycles. The summed E-state index contributed by atoms with van der Waals surface area (Å²) in [5, 5.41) is 9.49. The van der Waals surface area contributed by atoms with Gasteiger partial charge >= 0.3 is 12.1 Å². The first kappa shape index (κ1) is 17.8. The molecule has 2 N–H and O–H groups in total. The van der Waals surface area contributed by atoms with E-state index in [1.165, 1.54) is 12.1 Å². The van der Waals surface area contributed by atoms with Crippen LogP contribution in [0.1, 0.15) is 18.1 Å². The van der Waals surface area contributed by atoms with Crippen LogP contribution in [-0.2, 0) is 17.4 Å². The Morgan fingerprint density at radius 1 is 1.15 bits per heavy atom. The molecular formula is C19H16F3NO3. The highest BCUT2D eigenvalue weighted by molar-refractivity contribution is 5.96. The van der Waals surface area contributed by atoms with Crippen LogP contribution in [0.15, 0.2) is 42.5 Å². The summed E-state index contributed by atoms with van der Waals surface area (Å²) in [4.78, 5) is 14.1. The van der Waals surface area contributed by atoms with Crippen molar-refractivity contribution in [3.8, 4) is 17.0 Å². The molecule has 0 saturated carbocycles. The van der Waals surface area contributed by atoms with Gasteiger partial charge in [-0.1, -0.05) is 24.3 Å². The van der Waals surface area contributed by atoms with Gasteiger partial charge in [-0.3, -0.25) is 4.79 Å². The molecule has 0 unspecified atom stereocenters. The zero-order valence-corrected chi connectivity index (χ0v) is 13.9. The number of halogens is 3. The number of aromatic amines is 1. The van der Waals surface area contributed by atoms with Crippen molar-refractivity contribution >= 4 is 16.9 Å². The van der Waals surface area contributed by atoms with Gasteiger partial charge in [0.25, 0.3) is 0 Å². The number of carboxylic acid groups (broad SMARTS) is 1. The quantitative estimate of drug-likeness (QED) is 0.679. The second-order valence-electron chi connectivity index (χ2n) is 5.70. The number of alkyl halides is 3. The molecule has 0 bridgehead atoms. The third kappa shape index (κ3) is 3.24. The number of aliphatic carboxylic acids is 1.